The standard InChI is InChI=1S/C30H24O9/c31-17-6-1-14(2-7-17)27-21(35)11-15-3-10-22-25(28(15)37-27)26-24-20(34)12-19(33)13-23(24)39-30(38-22,29(26)36)16-4-8-18(32)9-5-16/h1-10,12-13,21,26-27,29,31-36H,11H2. The van der Waals surface area contributed by atoms with E-state index in [1.165, 1.54) is 36.4 Å². The first kappa shape index (κ1) is 23.5. The van der Waals surface area contributed by atoms with Crippen LogP contribution in [0, 0.1) is 0 Å². The molecule has 4 aromatic carbocycles. The van der Waals surface area contributed by atoms with Crippen molar-refractivity contribution in [3.05, 3.63) is 101 Å². The van der Waals surface area contributed by atoms with Crippen molar-refractivity contribution in [1.29, 1.82) is 0 Å². The molecule has 2 bridgehead atoms. The zero-order valence-corrected chi connectivity index (χ0v) is 20.4. The Balaban J connectivity index is 1.45. The fourth-order valence-electron chi connectivity index (χ4n) is 5.93. The van der Waals surface area contributed by atoms with E-state index in [-0.39, 0.29) is 40.7 Å². The Labute approximate surface area is 222 Å². The molecule has 0 saturated carbocycles. The number of hydrogen-bond acceptors (Lipinski definition) is 9. The smallest absolute Gasteiger partial charge is 0.305 e. The van der Waals surface area contributed by atoms with E-state index in [9.17, 15) is 30.6 Å². The molecule has 3 heterocycles. The van der Waals surface area contributed by atoms with Gasteiger partial charge in [-0.25, -0.2) is 0 Å². The Morgan fingerprint density at radius 2 is 1.36 bits per heavy atom. The van der Waals surface area contributed by atoms with Crippen molar-refractivity contribution in [2.75, 3.05) is 0 Å². The van der Waals surface area contributed by atoms with Crippen LogP contribution in [-0.4, -0.2) is 42.8 Å². The molecule has 3 aliphatic rings. The minimum absolute atomic E-state index is 0.0187. The minimum atomic E-state index is -1.77. The van der Waals surface area contributed by atoms with Crippen LogP contribution in [0.2, 0.25) is 0 Å². The van der Waals surface area contributed by atoms with E-state index >= 15 is 0 Å². The highest BCUT2D eigenvalue weighted by atomic mass is 16.7. The lowest BCUT2D eigenvalue weighted by Crippen LogP contribution is -2.57. The summed E-state index contributed by atoms with van der Waals surface area (Å²) in [4.78, 5) is 0. The van der Waals surface area contributed by atoms with Crippen molar-refractivity contribution in [2.45, 2.75) is 36.4 Å². The molecule has 39 heavy (non-hydrogen) atoms. The fourth-order valence-corrected chi connectivity index (χ4v) is 5.93. The molecule has 7 rings (SSSR count). The Morgan fingerprint density at radius 1 is 0.692 bits per heavy atom. The molecule has 6 N–H and O–H groups in total. The number of ether oxygens (including phenoxy) is 3. The molecule has 4 aromatic rings. The van der Waals surface area contributed by atoms with Crippen molar-refractivity contribution in [1.82, 2.24) is 0 Å². The van der Waals surface area contributed by atoms with Gasteiger partial charge in [0.15, 0.2) is 0 Å². The molecule has 9 heteroatoms. The van der Waals surface area contributed by atoms with Gasteiger partial charge in [0.25, 0.3) is 0 Å². The van der Waals surface area contributed by atoms with Crippen LogP contribution in [0.15, 0.2) is 72.8 Å². The van der Waals surface area contributed by atoms with Gasteiger partial charge < -0.3 is 44.8 Å². The third-order valence-electron chi connectivity index (χ3n) is 7.71. The van der Waals surface area contributed by atoms with Gasteiger partial charge in [0.1, 0.15) is 52.5 Å². The second-order valence-electron chi connectivity index (χ2n) is 10.1. The van der Waals surface area contributed by atoms with E-state index in [1.54, 1.807) is 36.4 Å². The van der Waals surface area contributed by atoms with Gasteiger partial charge in [0, 0.05) is 35.2 Å². The molecule has 0 fully saturated rings. The minimum Gasteiger partial charge on any atom is -0.508 e. The maximum atomic E-state index is 11.9. The van der Waals surface area contributed by atoms with Gasteiger partial charge in [-0.3, -0.25) is 0 Å². The summed E-state index contributed by atoms with van der Waals surface area (Å²) in [6.07, 6.45) is -2.77. The molecule has 198 valence electrons. The molecular weight excluding hydrogens is 504 g/mol. The van der Waals surface area contributed by atoms with Crippen molar-refractivity contribution >= 4 is 0 Å². The van der Waals surface area contributed by atoms with Gasteiger partial charge in [-0.1, -0.05) is 18.2 Å². The van der Waals surface area contributed by atoms with E-state index in [4.69, 9.17) is 14.2 Å². The van der Waals surface area contributed by atoms with E-state index in [0.29, 0.717) is 33.8 Å². The SMILES string of the molecule is Oc1ccc(C2Oc3c(ccc4c3C3c5c(O)cc(O)cc5OC(c5ccc(O)cc5)(O4)C3O)CC2O)cc1. The second kappa shape index (κ2) is 8.20. The average Bonchev–Trinajstić information content (AvgIpc) is 2.89. The van der Waals surface area contributed by atoms with Gasteiger partial charge in [0.2, 0.25) is 0 Å². The number of aliphatic hydroxyl groups excluding tert-OH is 2. The Bertz CT molecular complexity index is 1600. The first-order valence-electron chi connectivity index (χ1n) is 12.5. The van der Waals surface area contributed by atoms with E-state index in [2.05, 4.69) is 0 Å². The Hall–Kier alpha value is -4.60. The van der Waals surface area contributed by atoms with E-state index in [1.807, 2.05) is 0 Å². The summed E-state index contributed by atoms with van der Waals surface area (Å²) in [7, 11) is 0. The van der Waals surface area contributed by atoms with Crippen LogP contribution in [0.1, 0.15) is 39.8 Å². The first-order chi connectivity index (χ1) is 18.7. The third-order valence-corrected chi connectivity index (χ3v) is 7.71. The molecule has 0 saturated heterocycles. The summed E-state index contributed by atoms with van der Waals surface area (Å²) in [5, 5.41) is 63.6. The number of rotatable bonds is 2. The van der Waals surface area contributed by atoms with Crippen LogP contribution in [0.25, 0.3) is 0 Å². The van der Waals surface area contributed by atoms with Gasteiger partial charge >= 0.3 is 5.79 Å². The number of benzene rings is 4. The molecular formula is C30H24O9. The predicted molar refractivity (Wildman–Crippen MR) is 136 cm³/mol. The number of aliphatic hydroxyl groups is 2. The van der Waals surface area contributed by atoms with Crippen LogP contribution in [0.5, 0.6) is 40.2 Å². The number of aromatic hydroxyl groups is 4. The maximum Gasteiger partial charge on any atom is 0.305 e. The van der Waals surface area contributed by atoms with E-state index < -0.39 is 30.0 Å². The summed E-state index contributed by atoms with van der Waals surface area (Å²) in [6.45, 7) is 0. The van der Waals surface area contributed by atoms with Gasteiger partial charge in [0.05, 0.1) is 12.0 Å². The first-order valence-corrected chi connectivity index (χ1v) is 12.5. The normalized spacial score (nSPS) is 26.2. The molecule has 5 atom stereocenters. The topological polar surface area (TPSA) is 149 Å². The summed E-state index contributed by atoms with van der Waals surface area (Å²) in [5.74, 6) is -2.21. The quantitative estimate of drug-likeness (QED) is 0.229. The molecule has 9 nitrogen and oxygen atoms in total. The van der Waals surface area contributed by atoms with Crippen LogP contribution in [-0.2, 0) is 12.2 Å². The van der Waals surface area contributed by atoms with Crippen LogP contribution in [0.3, 0.4) is 0 Å². The number of phenols is 4. The van der Waals surface area contributed by atoms with Crippen LogP contribution < -0.4 is 14.2 Å². The van der Waals surface area contributed by atoms with Gasteiger partial charge in [-0.2, -0.15) is 0 Å². The molecule has 0 amide bonds. The summed E-state index contributed by atoms with van der Waals surface area (Å²) < 4.78 is 19.1. The third kappa shape index (κ3) is 3.40. The van der Waals surface area contributed by atoms with Crippen molar-refractivity contribution < 1.29 is 44.8 Å². The molecule has 3 aliphatic heterocycles. The largest absolute Gasteiger partial charge is 0.508 e. The predicted octanol–water partition coefficient (Wildman–Crippen LogP) is 3.68. The van der Waals surface area contributed by atoms with Gasteiger partial charge in [-0.05, 0) is 53.6 Å². The van der Waals surface area contributed by atoms with Crippen molar-refractivity contribution in [2.24, 2.45) is 0 Å². The van der Waals surface area contributed by atoms with Crippen LogP contribution >= 0.6 is 0 Å². The summed E-state index contributed by atoms with van der Waals surface area (Å²) in [5.41, 5.74) is 2.47. The summed E-state index contributed by atoms with van der Waals surface area (Å²) in [6, 6.07) is 18.4. The Morgan fingerprint density at radius 3 is 2.08 bits per heavy atom. The second-order valence-corrected chi connectivity index (χ2v) is 10.1. The maximum absolute atomic E-state index is 11.9. The average molecular weight is 529 g/mol. The lowest BCUT2D eigenvalue weighted by molar-refractivity contribution is -0.219. The number of fused-ring (bicyclic) bond motifs is 8. The highest BCUT2D eigenvalue weighted by Crippen LogP contribution is 2.61. The molecule has 0 aromatic heterocycles. The van der Waals surface area contributed by atoms with Crippen LogP contribution in [0.4, 0.5) is 0 Å². The monoisotopic (exact) mass is 528 g/mol. The van der Waals surface area contributed by atoms with Gasteiger partial charge in [-0.15, -0.1) is 0 Å². The van der Waals surface area contributed by atoms with Crippen molar-refractivity contribution in [3.63, 3.8) is 0 Å². The molecule has 0 spiro atoms. The zero-order chi connectivity index (χ0) is 27.1. The highest BCUT2D eigenvalue weighted by Gasteiger charge is 2.59. The fraction of sp³-hybridized carbons (Fsp3) is 0.200. The highest BCUT2D eigenvalue weighted by molar-refractivity contribution is 5.65. The molecule has 0 aliphatic carbocycles. The number of phenolic OH excluding ortho intramolecular Hbond substituents is 4. The number of hydrogen-bond donors (Lipinski definition) is 6. The lowest BCUT2D eigenvalue weighted by atomic mass is 9.74. The zero-order valence-electron chi connectivity index (χ0n) is 20.4. The molecule has 0 radical (unpaired) electrons. The Kier molecular flexibility index (Phi) is 4.94. The van der Waals surface area contributed by atoms with E-state index in [0.717, 1.165) is 0 Å². The summed E-state index contributed by atoms with van der Waals surface area (Å²) >= 11 is 0. The molecule has 5 unspecified atom stereocenters. The lowest BCUT2D eigenvalue weighted by Gasteiger charge is -2.50. The van der Waals surface area contributed by atoms with Crippen molar-refractivity contribution in [3.8, 4) is 40.2 Å².